The van der Waals surface area contributed by atoms with Crippen molar-refractivity contribution >= 4 is 23.4 Å². The van der Waals surface area contributed by atoms with Crippen LogP contribution < -0.4 is 14.8 Å². The number of hydrogen-bond donors (Lipinski definition) is 1. The van der Waals surface area contributed by atoms with E-state index in [2.05, 4.69) is 15.0 Å². The van der Waals surface area contributed by atoms with E-state index in [4.69, 9.17) is 4.74 Å². The molecule has 1 amide bonds. The van der Waals surface area contributed by atoms with Gasteiger partial charge in [-0.25, -0.2) is 4.98 Å². The maximum atomic E-state index is 12.6. The van der Waals surface area contributed by atoms with Crippen LogP contribution >= 0.6 is 11.8 Å². The fourth-order valence-electron chi connectivity index (χ4n) is 1.90. The number of ether oxygens (including phenoxy) is 2. The minimum absolute atomic E-state index is 0.00186. The monoisotopic (exact) mass is 394 g/mol. The number of amides is 1. The molecule has 1 aromatic heterocycles. The number of carbonyl (C=O) groups is 1. The van der Waals surface area contributed by atoms with Crippen LogP contribution in [0.4, 0.5) is 27.6 Å². The Kier molecular flexibility index (Phi) is 6.24. The van der Waals surface area contributed by atoms with Gasteiger partial charge in [0.25, 0.3) is 5.91 Å². The lowest BCUT2D eigenvalue weighted by molar-refractivity contribution is -0.0511. The number of pyridine rings is 1. The molecular formula is C15H11F5N2O3S. The van der Waals surface area contributed by atoms with Crippen molar-refractivity contribution in [1.29, 1.82) is 0 Å². The minimum Gasteiger partial charge on any atom is -0.493 e. The number of carbonyl (C=O) groups excluding carboxylic acids is 1. The molecule has 26 heavy (non-hydrogen) atoms. The highest BCUT2D eigenvalue weighted by Crippen LogP contribution is 2.37. The number of benzene rings is 1. The molecule has 5 nitrogen and oxygen atoms in total. The van der Waals surface area contributed by atoms with Crippen molar-refractivity contribution in [3.05, 3.63) is 42.1 Å². The van der Waals surface area contributed by atoms with E-state index in [9.17, 15) is 26.7 Å². The summed E-state index contributed by atoms with van der Waals surface area (Å²) in [5.41, 5.74) is -4.91. The first-order valence-electron chi connectivity index (χ1n) is 6.84. The molecule has 0 spiro atoms. The first-order chi connectivity index (χ1) is 12.2. The van der Waals surface area contributed by atoms with Gasteiger partial charge in [-0.3, -0.25) is 4.79 Å². The molecule has 0 atom stereocenters. The molecule has 1 aromatic carbocycles. The largest absolute Gasteiger partial charge is 0.493 e. The molecule has 1 heterocycles. The van der Waals surface area contributed by atoms with Gasteiger partial charge in [0.1, 0.15) is 5.03 Å². The summed E-state index contributed by atoms with van der Waals surface area (Å²) < 4.78 is 71.7. The number of nitrogens with zero attached hydrogens (tertiary/aromatic N) is 1. The van der Waals surface area contributed by atoms with Crippen molar-refractivity contribution in [3.63, 3.8) is 0 Å². The number of hydrogen-bond acceptors (Lipinski definition) is 5. The van der Waals surface area contributed by atoms with Crippen molar-refractivity contribution < 1.29 is 36.2 Å². The summed E-state index contributed by atoms with van der Waals surface area (Å²) >= 11 is -0.532. The van der Waals surface area contributed by atoms with Crippen LogP contribution in [0.1, 0.15) is 10.4 Å². The molecule has 0 saturated heterocycles. The van der Waals surface area contributed by atoms with Gasteiger partial charge in [-0.1, -0.05) is 0 Å². The van der Waals surface area contributed by atoms with E-state index in [0.717, 1.165) is 18.3 Å². The van der Waals surface area contributed by atoms with E-state index >= 15 is 0 Å². The topological polar surface area (TPSA) is 60.5 Å². The lowest BCUT2D eigenvalue weighted by Gasteiger charge is -2.13. The molecule has 0 fully saturated rings. The Bertz CT molecular complexity index is 786. The van der Waals surface area contributed by atoms with Gasteiger partial charge in [-0.2, -0.15) is 22.0 Å². The molecule has 0 aliphatic rings. The standard InChI is InChI=1S/C15H11F5N2O3S/c1-24-10-5-4-8(7-11(10)25-14(16)17)22-12(23)9-3-2-6-21-13(9)26-15(18,19)20/h2-7,14H,1H3,(H,22,23). The van der Waals surface area contributed by atoms with Crippen LogP contribution in [-0.4, -0.2) is 30.1 Å². The minimum atomic E-state index is -4.62. The van der Waals surface area contributed by atoms with Crippen molar-refractivity contribution in [2.75, 3.05) is 12.4 Å². The molecule has 140 valence electrons. The van der Waals surface area contributed by atoms with Crippen molar-refractivity contribution in [1.82, 2.24) is 4.98 Å². The number of halogens is 5. The summed E-state index contributed by atoms with van der Waals surface area (Å²) in [4.78, 5) is 15.8. The van der Waals surface area contributed by atoms with Gasteiger partial charge in [0.05, 0.1) is 12.7 Å². The molecule has 0 bridgehead atoms. The number of aromatic nitrogens is 1. The Morgan fingerprint density at radius 3 is 2.58 bits per heavy atom. The zero-order valence-corrected chi connectivity index (χ0v) is 13.8. The van der Waals surface area contributed by atoms with Gasteiger partial charge in [0, 0.05) is 29.7 Å². The second-order valence-corrected chi connectivity index (χ2v) is 5.66. The van der Waals surface area contributed by atoms with E-state index in [1.54, 1.807) is 0 Å². The number of alkyl halides is 5. The highest BCUT2D eigenvalue weighted by atomic mass is 32.2. The van der Waals surface area contributed by atoms with Crippen LogP contribution in [0.5, 0.6) is 11.5 Å². The summed E-state index contributed by atoms with van der Waals surface area (Å²) in [6.45, 7) is -3.12. The molecule has 2 aromatic rings. The molecule has 1 N–H and O–H groups in total. The second-order valence-electron chi connectivity index (χ2n) is 4.60. The van der Waals surface area contributed by atoms with E-state index in [0.29, 0.717) is 0 Å². The predicted molar refractivity (Wildman–Crippen MR) is 83.7 cm³/mol. The van der Waals surface area contributed by atoms with Crippen LogP contribution in [-0.2, 0) is 0 Å². The van der Waals surface area contributed by atoms with E-state index in [-0.39, 0.29) is 22.7 Å². The van der Waals surface area contributed by atoms with Crippen LogP contribution in [0.15, 0.2) is 41.6 Å². The van der Waals surface area contributed by atoms with Gasteiger partial charge in [0.2, 0.25) is 0 Å². The number of rotatable bonds is 6. The quantitative estimate of drug-likeness (QED) is 0.575. The molecule has 0 saturated carbocycles. The summed E-state index contributed by atoms with van der Waals surface area (Å²) in [5.74, 6) is -1.23. The van der Waals surface area contributed by atoms with E-state index in [1.165, 1.54) is 25.3 Å². The van der Waals surface area contributed by atoms with Crippen molar-refractivity contribution in [3.8, 4) is 11.5 Å². The lowest BCUT2D eigenvalue weighted by Crippen LogP contribution is -2.15. The Balaban J connectivity index is 2.25. The van der Waals surface area contributed by atoms with Gasteiger partial charge < -0.3 is 14.8 Å². The molecule has 0 aliphatic carbocycles. The van der Waals surface area contributed by atoms with Gasteiger partial charge in [0.15, 0.2) is 11.5 Å². The zero-order valence-electron chi connectivity index (χ0n) is 13.0. The van der Waals surface area contributed by atoms with E-state index in [1.807, 2.05) is 0 Å². The van der Waals surface area contributed by atoms with Crippen LogP contribution in [0, 0.1) is 0 Å². The van der Waals surface area contributed by atoms with Crippen LogP contribution in [0.25, 0.3) is 0 Å². The number of methoxy groups -OCH3 is 1. The second kappa shape index (κ2) is 8.21. The third-order valence-corrected chi connectivity index (χ3v) is 3.62. The summed E-state index contributed by atoms with van der Waals surface area (Å²) in [7, 11) is 1.24. The Morgan fingerprint density at radius 2 is 1.96 bits per heavy atom. The third-order valence-electron chi connectivity index (χ3n) is 2.87. The summed E-state index contributed by atoms with van der Waals surface area (Å²) in [6.07, 6.45) is 1.12. The van der Waals surface area contributed by atoms with Gasteiger partial charge >= 0.3 is 12.1 Å². The molecule has 2 rings (SSSR count). The fourth-order valence-corrected chi connectivity index (χ4v) is 2.50. The van der Waals surface area contributed by atoms with Crippen LogP contribution in [0.3, 0.4) is 0 Å². The molecule has 0 aliphatic heterocycles. The summed E-state index contributed by atoms with van der Waals surface area (Å²) in [6, 6.07) is 6.12. The maximum absolute atomic E-state index is 12.6. The van der Waals surface area contributed by atoms with Gasteiger partial charge in [-0.15, -0.1) is 0 Å². The average molecular weight is 394 g/mol. The van der Waals surface area contributed by atoms with E-state index < -0.39 is 34.8 Å². The SMILES string of the molecule is COc1ccc(NC(=O)c2cccnc2SC(F)(F)F)cc1OC(F)F. The highest BCUT2D eigenvalue weighted by Gasteiger charge is 2.32. The number of thioether (sulfide) groups is 1. The fraction of sp³-hybridized carbons (Fsp3) is 0.200. The first kappa shape index (κ1) is 19.8. The Morgan fingerprint density at radius 1 is 1.23 bits per heavy atom. The molecule has 0 unspecified atom stereocenters. The maximum Gasteiger partial charge on any atom is 0.447 e. The summed E-state index contributed by atoms with van der Waals surface area (Å²) in [5, 5.41) is 1.78. The van der Waals surface area contributed by atoms with Crippen LogP contribution in [0.2, 0.25) is 0 Å². The molecular weight excluding hydrogens is 383 g/mol. The predicted octanol–water partition coefficient (Wildman–Crippen LogP) is 4.56. The number of anilines is 1. The average Bonchev–Trinajstić information content (AvgIpc) is 2.53. The van der Waals surface area contributed by atoms with Gasteiger partial charge in [-0.05, 0) is 24.3 Å². The van der Waals surface area contributed by atoms with Crippen molar-refractivity contribution in [2.45, 2.75) is 17.1 Å². The Hall–Kier alpha value is -2.56. The Labute approximate surface area is 148 Å². The third kappa shape index (κ3) is 5.48. The smallest absolute Gasteiger partial charge is 0.447 e. The first-order valence-corrected chi connectivity index (χ1v) is 7.66. The highest BCUT2D eigenvalue weighted by molar-refractivity contribution is 8.00. The van der Waals surface area contributed by atoms with Crippen molar-refractivity contribution in [2.24, 2.45) is 0 Å². The lowest BCUT2D eigenvalue weighted by atomic mass is 10.2. The molecule has 11 heteroatoms. The number of nitrogens with one attached hydrogen (secondary N) is 1. The zero-order chi connectivity index (χ0) is 19.3. The normalized spacial score (nSPS) is 11.3. The molecule has 0 radical (unpaired) electrons.